The summed E-state index contributed by atoms with van der Waals surface area (Å²) in [6, 6.07) is 10.2. The van der Waals surface area contributed by atoms with Gasteiger partial charge in [-0.2, -0.15) is 0 Å². The third-order valence-electron chi connectivity index (χ3n) is 5.95. The van der Waals surface area contributed by atoms with Crippen molar-refractivity contribution < 1.29 is 22.8 Å². The van der Waals surface area contributed by atoms with Crippen LogP contribution in [-0.2, 0) is 26.2 Å². The normalized spacial score (nSPS) is 14.9. The van der Waals surface area contributed by atoms with Gasteiger partial charge >= 0.3 is 0 Å². The van der Waals surface area contributed by atoms with Crippen molar-refractivity contribution in [3.05, 3.63) is 63.6 Å². The second kappa shape index (κ2) is 12.1. The highest BCUT2D eigenvalue weighted by Gasteiger charge is 2.40. The summed E-state index contributed by atoms with van der Waals surface area (Å²) in [5, 5.41) is 3.66. The Labute approximate surface area is 221 Å². The first-order valence-corrected chi connectivity index (χ1v) is 14.0. The van der Waals surface area contributed by atoms with Gasteiger partial charge in [0.05, 0.1) is 5.56 Å². The molecule has 0 aliphatic carbocycles. The molecule has 0 saturated heterocycles. The first-order chi connectivity index (χ1) is 17.1. The van der Waals surface area contributed by atoms with Gasteiger partial charge in [0.1, 0.15) is 10.9 Å². The van der Waals surface area contributed by atoms with Crippen LogP contribution in [0.25, 0.3) is 0 Å². The Morgan fingerprint density at radius 2 is 1.83 bits per heavy atom. The van der Waals surface area contributed by atoms with Gasteiger partial charge in [-0.15, -0.1) is 0 Å². The van der Waals surface area contributed by atoms with Crippen molar-refractivity contribution in [3.63, 3.8) is 0 Å². The van der Waals surface area contributed by atoms with E-state index in [9.17, 15) is 22.8 Å². The molecule has 1 heterocycles. The molecule has 3 amide bonds. The molecule has 0 saturated carbocycles. The van der Waals surface area contributed by atoms with E-state index in [1.54, 1.807) is 30.3 Å². The van der Waals surface area contributed by atoms with Crippen molar-refractivity contribution in [1.82, 2.24) is 14.5 Å². The van der Waals surface area contributed by atoms with Gasteiger partial charge in [-0.1, -0.05) is 55.2 Å². The molecule has 8 nitrogen and oxygen atoms in total. The lowest BCUT2D eigenvalue weighted by atomic mass is 10.1. The second-order valence-electron chi connectivity index (χ2n) is 8.45. The molecule has 1 aliphatic heterocycles. The van der Waals surface area contributed by atoms with Crippen LogP contribution in [0.4, 0.5) is 0 Å². The Morgan fingerprint density at radius 1 is 1.11 bits per heavy atom. The van der Waals surface area contributed by atoms with Gasteiger partial charge in [-0.05, 0) is 49.1 Å². The highest BCUT2D eigenvalue weighted by molar-refractivity contribution is 7.90. The molecule has 1 aliphatic rings. The maximum absolute atomic E-state index is 13.4. The minimum atomic E-state index is -3.95. The molecule has 0 aromatic heterocycles. The van der Waals surface area contributed by atoms with Crippen molar-refractivity contribution in [2.24, 2.45) is 0 Å². The van der Waals surface area contributed by atoms with E-state index in [0.29, 0.717) is 28.6 Å². The SMILES string of the molecule is CCCNC(=O)[C@H](CC)N(Cc1ccc(Cl)cc1Cl)C(=O)CCCN1C(=O)c2ccccc2S1(=O)=O. The van der Waals surface area contributed by atoms with Crippen molar-refractivity contribution >= 4 is 50.9 Å². The van der Waals surface area contributed by atoms with Crippen LogP contribution in [0.1, 0.15) is 55.5 Å². The van der Waals surface area contributed by atoms with Crippen LogP contribution < -0.4 is 5.32 Å². The highest BCUT2D eigenvalue weighted by atomic mass is 35.5. The number of rotatable bonds is 11. The van der Waals surface area contributed by atoms with E-state index < -0.39 is 22.0 Å². The zero-order valence-corrected chi connectivity index (χ0v) is 22.5. The molecule has 0 spiro atoms. The molecule has 11 heteroatoms. The number of carbonyl (C=O) groups excluding carboxylic acids is 3. The monoisotopic (exact) mass is 553 g/mol. The maximum Gasteiger partial charge on any atom is 0.269 e. The smallest absolute Gasteiger partial charge is 0.269 e. The Balaban J connectivity index is 1.76. The van der Waals surface area contributed by atoms with E-state index >= 15 is 0 Å². The van der Waals surface area contributed by atoms with Gasteiger partial charge < -0.3 is 10.2 Å². The summed E-state index contributed by atoms with van der Waals surface area (Å²) >= 11 is 12.3. The summed E-state index contributed by atoms with van der Waals surface area (Å²) in [7, 11) is -3.95. The number of sulfonamides is 1. The number of carbonyl (C=O) groups is 3. The zero-order chi connectivity index (χ0) is 26.5. The molecule has 36 heavy (non-hydrogen) atoms. The molecule has 0 unspecified atom stereocenters. The van der Waals surface area contributed by atoms with Gasteiger partial charge in [0.15, 0.2) is 0 Å². The van der Waals surface area contributed by atoms with Crippen LogP contribution >= 0.6 is 23.2 Å². The average Bonchev–Trinajstić information content (AvgIpc) is 3.04. The summed E-state index contributed by atoms with van der Waals surface area (Å²) in [5.74, 6) is -1.22. The first kappa shape index (κ1) is 28.0. The van der Waals surface area contributed by atoms with E-state index in [0.717, 1.165) is 10.7 Å². The van der Waals surface area contributed by atoms with Crippen molar-refractivity contribution in [2.45, 2.75) is 57.0 Å². The van der Waals surface area contributed by atoms with E-state index in [4.69, 9.17) is 23.2 Å². The molecule has 2 aromatic rings. The second-order valence-corrected chi connectivity index (χ2v) is 11.1. The maximum atomic E-state index is 13.4. The van der Waals surface area contributed by atoms with Crippen LogP contribution in [0.3, 0.4) is 0 Å². The number of halogens is 2. The average molecular weight is 554 g/mol. The predicted molar refractivity (Wildman–Crippen MR) is 138 cm³/mol. The van der Waals surface area contributed by atoms with Gasteiger partial charge in [0, 0.05) is 36.1 Å². The summed E-state index contributed by atoms with van der Waals surface area (Å²) in [5.41, 5.74) is 0.755. The quantitative estimate of drug-likeness (QED) is 0.447. The highest BCUT2D eigenvalue weighted by Crippen LogP contribution is 2.30. The number of nitrogens with zero attached hydrogens (tertiary/aromatic N) is 2. The van der Waals surface area contributed by atoms with Crippen molar-refractivity contribution in [2.75, 3.05) is 13.1 Å². The fourth-order valence-corrected chi connectivity index (χ4v) is 6.16. The molecule has 1 N–H and O–H groups in total. The lowest BCUT2D eigenvalue weighted by molar-refractivity contribution is -0.141. The standard InChI is InChI=1S/C25H29Cl2N3O5S/c1-3-13-28-24(32)21(4-2)29(16-17-11-12-18(26)15-20(17)27)23(31)10-7-14-30-25(33)19-8-5-6-9-22(19)36(30,34)35/h5-6,8-9,11-12,15,21H,3-4,7,10,13-14,16H2,1-2H3,(H,28,32)/t21-/m0/s1. The number of hydrogen-bond donors (Lipinski definition) is 1. The molecular weight excluding hydrogens is 525 g/mol. The zero-order valence-electron chi connectivity index (χ0n) is 20.2. The summed E-state index contributed by atoms with van der Waals surface area (Å²) in [4.78, 5) is 40.3. The summed E-state index contributed by atoms with van der Waals surface area (Å²) < 4.78 is 26.4. The molecule has 194 valence electrons. The molecule has 2 aromatic carbocycles. The Hall–Kier alpha value is -2.62. The third-order valence-corrected chi connectivity index (χ3v) is 8.38. The molecule has 3 rings (SSSR count). The lowest BCUT2D eigenvalue weighted by Gasteiger charge is -2.31. The Bertz CT molecular complexity index is 1250. The summed E-state index contributed by atoms with van der Waals surface area (Å²) in [6.07, 6.45) is 1.18. The fourth-order valence-electron chi connectivity index (χ4n) is 4.09. The van der Waals surface area contributed by atoms with Crippen LogP contribution in [0.5, 0.6) is 0 Å². The minimum absolute atomic E-state index is 0.0287. The molecule has 0 bridgehead atoms. The lowest BCUT2D eigenvalue weighted by Crippen LogP contribution is -2.49. The molecular formula is C25H29Cl2N3O5S. The van der Waals surface area contributed by atoms with Crippen LogP contribution in [0.15, 0.2) is 47.4 Å². The fraction of sp³-hybridized carbons (Fsp3) is 0.400. The van der Waals surface area contributed by atoms with E-state index in [1.807, 2.05) is 13.8 Å². The van der Waals surface area contributed by atoms with E-state index in [1.165, 1.54) is 17.0 Å². The topological polar surface area (TPSA) is 104 Å². The van der Waals surface area contributed by atoms with Crippen LogP contribution in [0, 0.1) is 0 Å². The molecule has 1 atom stereocenters. The third kappa shape index (κ3) is 6.02. The summed E-state index contributed by atoms with van der Waals surface area (Å²) in [6.45, 7) is 4.17. The number of nitrogens with one attached hydrogen (secondary N) is 1. The van der Waals surface area contributed by atoms with Gasteiger partial charge in [-0.3, -0.25) is 14.4 Å². The van der Waals surface area contributed by atoms with Gasteiger partial charge in [0.25, 0.3) is 15.9 Å². The number of fused-ring (bicyclic) bond motifs is 1. The van der Waals surface area contributed by atoms with Crippen LogP contribution in [-0.4, -0.2) is 54.5 Å². The van der Waals surface area contributed by atoms with E-state index in [-0.39, 0.29) is 48.2 Å². The number of hydrogen-bond acceptors (Lipinski definition) is 5. The Morgan fingerprint density at radius 3 is 2.47 bits per heavy atom. The number of amides is 3. The van der Waals surface area contributed by atoms with Gasteiger partial charge in [0.2, 0.25) is 11.8 Å². The first-order valence-electron chi connectivity index (χ1n) is 11.8. The molecule has 0 fully saturated rings. The largest absolute Gasteiger partial charge is 0.354 e. The van der Waals surface area contributed by atoms with Gasteiger partial charge in [-0.25, -0.2) is 12.7 Å². The Kier molecular flexibility index (Phi) is 9.38. The molecule has 0 radical (unpaired) electrons. The minimum Gasteiger partial charge on any atom is -0.354 e. The van der Waals surface area contributed by atoms with Crippen molar-refractivity contribution in [1.29, 1.82) is 0 Å². The van der Waals surface area contributed by atoms with E-state index in [2.05, 4.69) is 5.32 Å². The number of benzene rings is 2. The van der Waals surface area contributed by atoms with Crippen molar-refractivity contribution in [3.8, 4) is 0 Å². The van der Waals surface area contributed by atoms with Crippen LogP contribution in [0.2, 0.25) is 10.0 Å². The predicted octanol–water partition coefficient (Wildman–Crippen LogP) is 4.25.